The van der Waals surface area contributed by atoms with Gasteiger partial charge in [0, 0.05) is 30.3 Å². The zero-order chi connectivity index (χ0) is 18.1. The van der Waals surface area contributed by atoms with Crippen molar-refractivity contribution in [3.8, 4) is 11.5 Å². The summed E-state index contributed by atoms with van der Waals surface area (Å²) in [5, 5.41) is 3.79. The van der Waals surface area contributed by atoms with Crippen molar-refractivity contribution in [3.63, 3.8) is 0 Å². The number of ether oxygens (including phenoxy) is 2. The monoisotopic (exact) mass is 372 g/mol. The first-order valence-electron chi connectivity index (χ1n) is 8.80. The molecular weight excluding hydrogens is 352 g/mol. The van der Waals surface area contributed by atoms with Gasteiger partial charge in [0.25, 0.3) is 5.91 Å². The number of aryl methyl sites for hydroxylation is 1. The quantitative estimate of drug-likeness (QED) is 0.890. The number of para-hydroxylation sites is 1. The van der Waals surface area contributed by atoms with Gasteiger partial charge in [0.05, 0.1) is 5.56 Å². The molecule has 1 unspecified atom stereocenters. The Balaban J connectivity index is 1.37. The lowest BCUT2D eigenvalue weighted by molar-refractivity contribution is 0.0943. The minimum absolute atomic E-state index is 0.121. The number of halogens is 1. The zero-order valence-electron chi connectivity index (χ0n) is 14.6. The van der Waals surface area contributed by atoms with Crippen LogP contribution in [0.25, 0.3) is 0 Å². The summed E-state index contributed by atoms with van der Waals surface area (Å²) in [6, 6.07) is 11.4. The standard InChI is InChI=1S/C20H21ClN2O3/c1-13-5-6-15(21)9-17(13)23-8-7-14(11-23)10-22-20(24)16-3-2-4-18-19(16)26-12-25-18/h2-6,9,14H,7-8,10-12H2,1H3,(H,22,24). The molecule has 0 bridgehead atoms. The molecule has 1 fully saturated rings. The van der Waals surface area contributed by atoms with Gasteiger partial charge < -0.3 is 19.7 Å². The van der Waals surface area contributed by atoms with Crippen LogP contribution in [0.4, 0.5) is 5.69 Å². The fraction of sp³-hybridized carbons (Fsp3) is 0.350. The Labute approximate surface area is 157 Å². The van der Waals surface area contributed by atoms with E-state index in [0.29, 0.717) is 29.5 Å². The van der Waals surface area contributed by atoms with Crippen molar-refractivity contribution in [2.45, 2.75) is 13.3 Å². The van der Waals surface area contributed by atoms with Crippen molar-refractivity contribution in [1.29, 1.82) is 0 Å². The second-order valence-electron chi connectivity index (χ2n) is 6.78. The Morgan fingerprint density at radius 3 is 3.08 bits per heavy atom. The number of carbonyl (C=O) groups is 1. The molecule has 6 heteroatoms. The summed E-state index contributed by atoms with van der Waals surface area (Å²) in [5.41, 5.74) is 2.93. The summed E-state index contributed by atoms with van der Waals surface area (Å²) in [7, 11) is 0. The van der Waals surface area contributed by atoms with Crippen LogP contribution in [0.1, 0.15) is 22.3 Å². The van der Waals surface area contributed by atoms with Crippen LogP contribution in [0.5, 0.6) is 11.5 Å². The fourth-order valence-electron chi connectivity index (χ4n) is 3.58. The smallest absolute Gasteiger partial charge is 0.255 e. The number of hydrogen-bond donors (Lipinski definition) is 1. The molecule has 0 aromatic heterocycles. The maximum atomic E-state index is 12.5. The highest BCUT2D eigenvalue weighted by atomic mass is 35.5. The maximum absolute atomic E-state index is 12.5. The zero-order valence-corrected chi connectivity index (χ0v) is 15.4. The summed E-state index contributed by atoms with van der Waals surface area (Å²) < 4.78 is 10.7. The Kier molecular flexibility index (Phi) is 4.64. The Hall–Kier alpha value is -2.40. The van der Waals surface area contributed by atoms with Gasteiger partial charge >= 0.3 is 0 Å². The van der Waals surface area contributed by atoms with Crippen LogP contribution < -0.4 is 19.7 Å². The maximum Gasteiger partial charge on any atom is 0.255 e. The molecule has 1 atom stereocenters. The van der Waals surface area contributed by atoms with Gasteiger partial charge in [-0.15, -0.1) is 0 Å². The first kappa shape index (κ1) is 17.0. The van der Waals surface area contributed by atoms with Gasteiger partial charge in [0.1, 0.15) is 0 Å². The van der Waals surface area contributed by atoms with E-state index in [1.807, 2.05) is 24.3 Å². The second-order valence-corrected chi connectivity index (χ2v) is 7.22. The van der Waals surface area contributed by atoms with Crippen LogP contribution in [-0.2, 0) is 0 Å². The van der Waals surface area contributed by atoms with Gasteiger partial charge in [-0.1, -0.05) is 23.7 Å². The molecule has 1 amide bonds. The van der Waals surface area contributed by atoms with Crippen molar-refractivity contribution >= 4 is 23.2 Å². The van der Waals surface area contributed by atoms with E-state index in [-0.39, 0.29) is 12.7 Å². The number of carbonyl (C=O) groups excluding carboxylic acids is 1. The normalized spacial score (nSPS) is 18.2. The molecule has 2 aromatic carbocycles. The molecule has 2 heterocycles. The van der Waals surface area contributed by atoms with Gasteiger partial charge in [-0.05, 0) is 49.1 Å². The van der Waals surface area contributed by atoms with Crippen molar-refractivity contribution in [2.75, 3.05) is 31.3 Å². The molecule has 1 saturated heterocycles. The van der Waals surface area contributed by atoms with Gasteiger partial charge in [-0.25, -0.2) is 0 Å². The van der Waals surface area contributed by atoms with Crippen molar-refractivity contribution < 1.29 is 14.3 Å². The molecule has 0 saturated carbocycles. The number of fused-ring (bicyclic) bond motifs is 1. The average molecular weight is 373 g/mol. The highest BCUT2D eigenvalue weighted by Crippen LogP contribution is 2.35. The molecule has 2 aromatic rings. The highest BCUT2D eigenvalue weighted by molar-refractivity contribution is 6.30. The lowest BCUT2D eigenvalue weighted by atomic mass is 10.1. The predicted molar refractivity (Wildman–Crippen MR) is 101 cm³/mol. The number of benzene rings is 2. The van der Waals surface area contributed by atoms with Crippen LogP contribution in [0.15, 0.2) is 36.4 Å². The SMILES string of the molecule is Cc1ccc(Cl)cc1N1CCC(CNC(=O)c2cccc3c2OCO3)C1. The van der Waals surface area contributed by atoms with Crippen LogP contribution in [0, 0.1) is 12.8 Å². The van der Waals surface area contributed by atoms with Gasteiger partial charge in [-0.2, -0.15) is 0 Å². The van der Waals surface area contributed by atoms with Crippen molar-refractivity contribution in [2.24, 2.45) is 5.92 Å². The topological polar surface area (TPSA) is 50.8 Å². The third-order valence-electron chi connectivity index (χ3n) is 4.99. The molecule has 4 rings (SSSR count). The number of nitrogens with one attached hydrogen (secondary N) is 1. The Morgan fingerprint density at radius 1 is 1.31 bits per heavy atom. The Morgan fingerprint density at radius 2 is 2.19 bits per heavy atom. The number of rotatable bonds is 4. The van der Waals surface area contributed by atoms with Gasteiger partial charge in [-0.3, -0.25) is 4.79 Å². The molecule has 1 N–H and O–H groups in total. The van der Waals surface area contributed by atoms with Gasteiger partial charge in [0.15, 0.2) is 11.5 Å². The number of hydrogen-bond acceptors (Lipinski definition) is 4. The highest BCUT2D eigenvalue weighted by Gasteiger charge is 2.26. The van der Waals surface area contributed by atoms with E-state index in [4.69, 9.17) is 21.1 Å². The predicted octanol–water partition coefficient (Wildman–Crippen LogP) is 3.63. The van der Waals surface area contributed by atoms with E-state index in [9.17, 15) is 4.79 Å². The van der Waals surface area contributed by atoms with Crippen molar-refractivity contribution in [3.05, 3.63) is 52.5 Å². The third-order valence-corrected chi connectivity index (χ3v) is 5.23. The molecule has 26 heavy (non-hydrogen) atoms. The molecule has 0 radical (unpaired) electrons. The molecule has 0 spiro atoms. The first-order chi connectivity index (χ1) is 12.6. The third kappa shape index (κ3) is 3.31. The van der Waals surface area contributed by atoms with Crippen LogP contribution in [0.2, 0.25) is 5.02 Å². The number of nitrogens with zero attached hydrogens (tertiary/aromatic N) is 1. The van der Waals surface area contributed by atoms with Crippen LogP contribution in [-0.4, -0.2) is 32.3 Å². The second kappa shape index (κ2) is 7.08. The first-order valence-corrected chi connectivity index (χ1v) is 9.17. The molecule has 2 aliphatic rings. The summed E-state index contributed by atoms with van der Waals surface area (Å²) in [6.45, 7) is 4.78. The van der Waals surface area contributed by atoms with E-state index in [1.54, 1.807) is 12.1 Å². The molecular formula is C20H21ClN2O3. The minimum Gasteiger partial charge on any atom is -0.454 e. The lowest BCUT2D eigenvalue weighted by Crippen LogP contribution is -2.31. The van der Waals surface area contributed by atoms with Gasteiger partial charge in [0.2, 0.25) is 6.79 Å². The summed E-state index contributed by atoms with van der Waals surface area (Å²) in [4.78, 5) is 14.9. The van der Waals surface area contributed by atoms with Crippen molar-refractivity contribution in [1.82, 2.24) is 5.32 Å². The minimum atomic E-state index is -0.121. The summed E-state index contributed by atoms with van der Waals surface area (Å²) >= 11 is 6.14. The number of anilines is 1. The molecule has 5 nitrogen and oxygen atoms in total. The Bertz CT molecular complexity index is 840. The lowest BCUT2D eigenvalue weighted by Gasteiger charge is -2.21. The summed E-state index contributed by atoms with van der Waals surface area (Å²) in [6.07, 6.45) is 1.04. The van der Waals surface area contributed by atoms with E-state index in [2.05, 4.69) is 17.1 Å². The average Bonchev–Trinajstić information content (AvgIpc) is 3.30. The van der Waals surface area contributed by atoms with Crippen LogP contribution >= 0.6 is 11.6 Å². The van der Waals surface area contributed by atoms with E-state index in [1.165, 1.54) is 11.3 Å². The van der Waals surface area contributed by atoms with E-state index in [0.717, 1.165) is 24.5 Å². The largest absolute Gasteiger partial charge is 0.454 e. The molecule has 2 aliphatic heterocycles. The summed E-state index contributed by atoms with van der Waals surface area (Å²) in [5.74, 6) is 1.45. The molecule has 136 valence electrons. The van der Waals surface area contributed by atoms with E-state index < -0.39 is 0 Å². The van der Waals surface area contributed by atoms with E-state index >= 15 is 0 Å². The fourth-order valence-corrected chi connectivity index (χ4v) is 3.75. The number of amides is 1. The molecule has 0 aliphatic carbocycles. The van der Waals surface area contributed by atoms with Crippen LogP contribution in [0.3, 0.4) is 0 Å².